The summed E-state index contributed by atoms with van der Waals surface area (Å²) < 4.78 is 11.5. The van der Waals surface area contributed by atoms with E-state index in [0.717, 1.165) is 23.0 Å². The molecule has 0 aromatic heterocycles. The van der Waals surface area contributed by atoms with E-state index >= 15 is 0 Å². The van der Waals surface area contributed by atoms with E-state index in [9.17, 15) is 0 Å². The Morgan fingerprint density at radius 3 is 2.48 bits per heavy atom. The zero-order valence-electron chi connectivity index (χ0n) is 14.3. The van der Waals surface area contributed by atoms with Gasteiger partial charge in [0.1, 0.15) is 0 Å². The molecule has 0 aliphatic rings. The molecule has 2 aromatic rings. The molecule has 0 fully saturated rings. The Hall–Kier alpha value is -1.48. The Balaban J connectivity index is 0.00000312. The first-order chi connectivity index (χ1) is 11.6. The number of hydrogen-bond donors (Lipinski definition) is 2. The molecule has 5 nitrogen and oxygen atoms in total. The summed E-state index contributed by atoms with van der Waals surface area (Å²) in [4.78, 5) is 4.36. The van der Waals surface area contributed by atoms with Crippen molar-refractivity contribution in [1.29, 1.82) is 0 Å². The van der Waals surface area contributed by atoms with Crippen LogP contribution >= 0.6 is 39.9 Å². The van der Waals surface area contributed by atoms with Crippen molar-refractivity contribution in [2.45, 2.75) is 13.0 Å². The Labute approximate surface area is 174 Å². The summed E-state index contributed by atoms with van der Waals surface area (Å²) in [7, 11) is 3.21. The first kappa shape index (κ1) is 21.6. The fraction of sp³-hybridized carbons (Fsp3) is 0.278. The minimum absolute atomic E-state index is 0. The van der Waals surface area contributed by atoms with Gasteiger partial charge in [0.05, 0.1) is 25.2 Å². The second-order valence-electron chi connectivity index (χ2n) is 5.18. The van der Waals surface area contributed by atoms with Gasteiger partial charge in [0, 0.05) is 6.54 Å². The minimum Gasteiger partial charge on any atom is -0.493 e. The average Bonchev–Trinajstić information content (AvgIpc) is 2.60. The van der Waals surface area contributed by atoms with Gasteiger partial charge in [-0.25, -0.2) is 4.99 Å². The van der Waals surface area contributed by atoms with E-state index in [1.165, 1.54) is 5.56 Å². The van der Waals surface area contributed by atoms with Crippen molar-refractivity contribution in [3.63, 3.8) is 0 Å². The van der Waals surface area contributed by atoms with E-state index in [2.05, 4.69) is 38.4 Å². The molecule has 0 unspecified atom stereocenters. The highest BCUT2D eigenvalue weighted by Gasteiger charge is 2.10. The molecule has 7 heteroatoms. The highest BCUT2D eigenvalue weighted by Crippen LogP contribution is 2.36. The van der Waals surface area contributed by atoms with E-state index in [0.29, 0.717) is 24.0 Å². The van der Waals surface area contributed by atoms with Crippen molar-refractivity contribution in [3.8, 4) is 11.5 Å². The molecule has 0 heterocycles. The lowest BCUT2D eigenvalue weighted by Gasteiger charge is -2.11. The Morgan fingerprint density at radius 2 is 1.84 bits per heavy atom. The highest BCUT2D eigenvalue weighted by molar-refractivity contribution is 14.0. The normalized spacial score (nSPS) is 10.8. The zero-order chi connectivity index (χ0) is 17.4. The summed E-state index contributed by atoms with van der Waals surface area (Å²) in [5, 5.41) is 3.13. The van der Waals surface area contributed by atoms with Gasteiger partial charge in [0.15, 0.2) is 17.5 Å². The van der Waals surface area contributed by atoms with Gasteiger partial charge in [0.2, 0.25) is 0 Å². The van der Waals surface area contributed by atoms with Crippen molar-refractivity contribution in [2.75, 3.05) is 20.8 Å². The third kappa shape index (κ3) is 6.74. The van der Waals surface area contributed by atoms with Gasteiger partial charge in [0.25, 0.3) is 0 Å². The van der Waals surface area contributed by atoms with Crippen LogP contribution in [0.2, 0.25) is 0 Å². The topological polar surface area (TPSA) is 68.9 Å². The molecule has 0 aliphatic carbocycles. The fourth-order valence-electron chi connectivity index (χ4n) is 2.27. The lowest BCUT2D eigenvalue weighted by atomic mass is 10.1. The van der Waals surface area contributed by atoms with Crippen LogP contribution in [0.1, 0.15) is 11.1 Å². The molecule has 0 saturated heterocycles. The molecule has 0 bridgehead atoms. The van der Waals surface area contributed by atoms with Crippen molar-refractivity contribution in [2.24, 2.45) is 10.7 Å². The van der Waals surface area contributed by atoms with E-state index < -0.39 is 0 Å². The van der Waals surface area contributed by atoms with Gasteiger partial charge in [-0.1, -0.05) is 30.3 Å². The summed E-state index contributed by atoms with van der Waals surface area (Å²) in [6.45, 7) is 1.21. The van der Waals surface area contributed by atoms with Crippen molar-refractivity contribution >= 4 is 45.9 Å². The second kappa shape index (κ2) is 11.2. The van der Waals surface area contributed by atoms with Gasteiger partial charge in [-0.05, 0) is 45.6 Å². The lowest BCUT2D eigenvalue weighted by Crippen LogP contribution is -2.33. The Morgan fingerprint density at radius 1 is 1.12 bits per heavy atom. The first-order valence-corrected chi connectivity index (χ1v) is 8.41. The quantitative estimate of drug-likeness (QED) is 0.332. The number of methoxy groups -OCH3 is 2. The zero-order valence-corrected chi connectivity index (χ0v) is 18.2. The number of aliphatic imine (C=N–C) groups is 1. The molecule has 2 rings (SSSR count). The van der Waals surface area contributed by atoms with Crippen molar-refractivity contribution in [1.82, 2.24) is 5.32 Å². The summed E-state index contributed by atoms with van der Waals surface area (Å²) in [6, 6.07) is 14.1. The molecule has 136 valence electrons. The molecule has 0 aliphatic heterocycles. The first-order valence-electron chi connectivity index (χ1n) is 7.62. The Bertz CT molecular complexity index is 696. The number of benzene rings is 2. The highest BCUT2D eigenvalue weighted by atomic mass is 127. The van der Waals surface area contributed by atoms with E-state index in [1.807, 2.05) is 30.3 Å². The predicted octanol–water partition coefficient (Wildman–Crippen LogP) is 3.73. The molecular weight excluding hydrogens is 497 g/mol. The van der Waals surface area contributed by atoms with Crippen LogP contribution in [0, 0.1) is 0 Å². The van der Waals surface area contributed by atoms with Crippen LogP contribution in [0.15, 0.2) is 51.9 Å². The van der Waals surface area contributed by atoms with E-state index in [4.69, 9.17) is 15.2 Å². The average molecular weight is 520 g/mol. The number of rotatable bonds is 7. The molecule has 0 saturated carbocycles. The van der Waals surface area contributed by atoms with Crippen LogP contribution in [0.25, 0.3) is 0 Å². The largest absolute Gasteiger partial charge is 0.493 e. The predicted molar refractivity (Wildman–Crippen MR) is 116 cm³/mol. The number of nitrogens with one attached hydrogen (secondary N) is 1. The van der Waals surface area contributed by atoms with Gasteiger partial charge in [-0.15, -0.1) is 24.0 Å². The van der Waals surface area contributed by atoms with Gasteiger partial charge < -0.3 is 20.5 Å². The van der Waals surface area contributed by atoms with Crippen molar-refractivity contribution < 1.29 is 9.47 Å². The molecule has 3 N–H and O–H groups in total. The Kier molecular flexibility index (Phi) is 9.66. The number of hydrogen-bond acceptors (Lipinski definition) is 3. The number of halogens is 2. The maximum Gasteiger partial charge on any atom is 0.188 e. The maximum atomic E-state index is 5.92. The SMILES string of the molecule is COc1cc(CN=C(N)NCCc2ccccc2)cc(Br)c1OC.I. The van der Waals surface area contributed by atoms with Gasteiger partial charge >= 0.3 is 0 Å². The second-order valence-corrected chi connectivity index (χ2v) is 6.03. The van der Waals surface area contributed by atoms with Crippen LogP contribution < -0.4 is 20.5 Å². The van der Waals surface area contributed by atoms with Crippen LogP contribution in [-0.2, 0) is 13.0 Å². The van der Waals surface area contributed by atoms with Gasteiger partial charge in [-0.3, -0.25) is 0 Å². The third-order valence-electron chi connectivity index (χ3n) is 3.49. The maximum absolute atomic E-state index is 5.92. The van der Waals surface area contributed by atoms with E-state index in [1.54, 1.807) is 14.2 Å². The van der Waals surface area contributed by atoms with Crippen LogP contribution in [0.4, 0.5) is 0 Å². The third-order valence-corrected chi connectivity index (χ3v) is 4.08. The fourth-order valence-corrected chi connectivity index (χ4v) is 2.93. The molecule has 0 spiro atoms. The van der Waals surface area contributed by atoms with Crippen LogP contribution in [0.3, 0.4) is 0 Å². The van der Waals surface area contributed by atoms with Crippen LogP contribution in [0.5, 0.6) is 11.5 Å². The minimum atomic E-state index is 0. The smallest absolute Gasteiger partial charge is 0.188 e. The molecule has 0 radical (unpaired) electrons. The lowest BCUT2D eigenvalue weighted by molar-refractivity contribution is 0.352. The molecule has 25 heavy (non-hydrogen) atoms. The monoisotopic (exact) mass is 519 g/mol. The number of guanidine groups is 1. The van der Waals surface area contributed by atoms with Crippen LogP contribution in [-0.4, -0.2) is 26.7 Å². The molecule has 0 amide bonds. The van der Waals surface area contributed by atoms with Crippen molar-refractivity contribution in [3.05, 3.63) is 58.1 Å². The number of nitrogens with two attached hydrogens (primary N) is 1. The number of nitrogens with zero attached hydrogens (tertiary/aromatic N) is 1. The summed E-state index contributed by atoms with van der Waals surface area (Å²) in [5.74, 6) is 1.75. The molecular formula is C18H23BrIN3O2. The van der Waals surface area contributed by atoms with Gasteiger partial charge in [-0.2, -0.15) is 0 Å². The standard InChI is InChI=1S/C18H22BrN3O2.HI/c1-23-16-11-14(10-15(19)17(16)24-2)12-22-18(20)21-9-8-13-6-4-3-5-7-13;/h3-7,10-11H,8-9,12H2,1-2H3,(H3,20,21,22);1H. The number of ether oxygens (including phenoxy) is 2. The molecule has 0 atom stereocenters. The molecule has 2 aromatic carbocycles. The summed E-state index contributed by atoms with van der Waals surface area (Å²) >= 11 is 3.47. The summed E-state index contributed by atoms with van der Waals surface area (Å²) in [5.41, 5.74) is 8.17. The van der Waals surface area contributed by atoms with E-state index in [-0.39, 0.29) is 24.0 Å². The summed E-state index contributed by atoms with van der Waals surface area (Å²) in [6.07, 6.45) is 0.902.